The molecule has 1 aromatic heterocycles. The molecule has 1 unspecified atom stereocenters. The van der Waals surface area contributed by atoms with Crippen LogP contribution in [0.4, 0.5) is 0 Å². The van der Waals surface area contributed by atoms with E-state index in [0.29, 0.717) is 25.2 Å². The number of aromatic nitrogens is 1. The maximum atomic E-state index is 12.8. The minimum atomic E-state index is -2.87. The molecule has 3 heterocycles. The van der Waals surface area contributed by atoms with Crippen LogP contribution >= 0.6 is 11.3 Å². The standard InChI is InChI=1S/C19H23N3O3S2/c1-14-2-4-15(5-3-14)18-20-17(12-26-18)19(23)22-9-7-21(8-10-22)16-6-11-27(24,25)13-16/h2-5,12,16H,6-11,13H2,1H3. The first kappa shape index (κ1) is 18.6. The van der Waals surface area contributed by atoms with E-state index < -0.39 is 9.84 Å². The summed E-state index contributed by atoms with van der Waals surface area (Å²) >= 11 is 1.49. The fraction of sp³-hybridized carbons (Fsp3) is 0.474. The summed E-state index contributed by atoms with van der Waals surface area (Å²) in [5.41, 5.74) is 2.71. The number of aryl methyl sites for hydroxylation is 1. The van der Waals surface area contributed by atoms with Crippen LogP contribution < -0.4 is 0 Å². The first-order chi connectivity index (χ1) is 12.9. The molecule has 1 aromatic carbocycles. The van der Waals surface area contributed by atoms with Crippen molar-refractivity contribution in [1.29, 1.82) is 0 Å². The second-order valence-electron chi connectivity index (χ2n) is 7.29. The number of sulfone groups is 1. The number of amides is 1. The number of nitrogens with zero attached hydrogens (tertiary/aromatic N) is 3. The Labute approximate surface area is 163 Å². The molecule has 2 aromatic rings. The van der Waals surface area contributed by atoms with Crippen molar-refractivity contribution in [2.45, 2.75) is 19.4 Å². The average Bonchev–Trinajstić information content (AvgIpc) is 3.29. The summed E-state index contributed by atoms with van der Waals surface area (Å²) in [7, 11) is -2.87. The fourth-order valence-electron chi connectivity index (χ4n) is 3.72. The molecule has 2 saturated heterocycles. The second kappa shape index (κ2) is 7.33. The Morgan fingerprint density at radius 2 is 1.85 bits per heavy atom. The molecule has 6 nitrogen and oxygen atoms in total. The van der Waals surface area contributed by atoms with Crippen molar-refractivity contribution < 1.29 is 13.2 Å². The van der Waals surface area contributed by atoms with E-state index in [1.807, 2.05) is 41.5 Å². The molecule has 1 atom stereocenters. The summed E-state index contributed by atoms with van der Waals surface area (Å²) in [4.78, 5) is 21.4. The van der Waals surface area contributed by atoms with Crippen LogP contribution in [-0.4, -0.2) is 72.8 Å². The van der Waals surface area contributed by atoms with E-state index in [-0.39, 0.29) is 23.5 Å². The molecule has 2 aliphatic heterocycles. The predicted molar refractivity (Wildman–Crippen MR) is 107 cm³/mol. The summed E-state index contributed by atoms with van der Waals surface area (Å²) in [6.45, 7) is 4.72. The molecular formula is C19H23N3O3S2. The number of hydrogen-bond donors (Lipinski definition) is 0. The number of carbonyl (C=O) groups excluding carboxylic acids is 1. The van der Waals surface area contributed by atoms with Gasteiger partial charge in [0.25, 0.3) is 5.91 Å². The first-order valence-electron chi connectivity index (χ1n) is 9.18. The molecule has 0 bridgehead atoms. The minimum Gasteiger partial charge on any atom is -0.335 e. The smallest absolute Gasteiger partial charge is 0.273 e. The van der Waals surface area contributed by atoms with Crippen LogP contribution in [0, 0.1) is 6.92 Å². The maximum Gasteiger partial charge on any atom is 0.273 e. The lowest BCUT2D eigenvalue weighted by Crippen LogP contribution is -2.52. The van der Waals surface area contributed by atoms with Crippen molar-refractivity contribution in [2.75, 3.05) is 37.7 Å². The van der Waals surface area contributed by atoms with Crippen LogP contribution in [0.2, 0.25) is 0 Å². The second-order valence-corrected chi connectivity index (χ2v) is 10.4. The van der Waals surface area contributed by atoms with Gasteiger partial charge in [0.15, 0.2) is 9.84 Å². The number of hydrogen-bond acceptors (Lipinski definition) is 6. The number of thiazole rings is 1. The number of carbonyl (C=O) groups is 1. The van der Waals surface area contributed by atoms with Gasteiger partial charge in [-0.1, -0.05) is 29.8 Å². The number of piperazine rings is 1. The first-order valence-corrected chi connectivity index (χ1v) is 11.9. The monoisotopic (exact) mass is 405 g/mol. The third-order valence-corrected chi connectivity index (χ3v) is 7.99. The highest BCUT2D eigenvalue weighted by Crippen LogP contribution is 2.25. The van der Waals surface area contributed by atoms with E-state index in [0.717, 1.165) is 23.7 Å². The predicted octanol–water partition coefficient (Wildman–Crippen LogP) is 2.06. The Balaban J connectivity index is 1.38. The van der Waals surface area contributed by atoms with Crippen LogP contribution in [0.15, 0.2) is 29.6 Å². The lowest BCUT2D eigenvalue weighted by Gasteiger charge is -2.37. The average molecular weight is 406 g/mol. The van der Waals surface area contributed by atoms with Crippen LogP contribution in [-0.2, 0) is 9.84 Å². The van der Waals surface area contributed by atoms with E-state index in [9.17, 15) is 13.2 Å². The Hall–Kier alpha value is -1.77. The van der Waals surface area contributed by atoms with Crippen molar-refractivity contribution in [3.63, 3.8) is 0 Å². The molecule has 4 rings (SSSR count). The van der Waals surface area contributed by atoms with E-state index in [1.54, 1.807) is 0 Å². The van der Waals surface area contributed by atoms with E-state index in [1.165, 1.54) is 16.9 Å². The highest BCUT2D eigenvalue weighted by Gasteiger charge is 2.34. The fourth-order valence-corrected chi connectivity index (χ4v) is 6.28. The van der Waals surface area contributed by atoms with Crippen molar-refractivity contribution in [2.24, 2.45) is 0 Å². The molecule has 0 aliphatic carbocycles. The molecule has 0 spiro atoms. The van der Waals surface area contributed by atoms with Gasteiger partial charge < -0.3 is 4.90 Å². The highest BCUT2D eigenvalue weighted by atomic mass is 32.2. The maximum absolute atomic E-state index is 12.8. The van der Waals surface area contributed by atoms with Crippen LogP contribution in [0.5, 0.6) is 0 Å². The van der Waals surface area contributed by atoms with Gasteiger partial charge in [-0.2, -0.15) is 0 Å². The summed E-state index contributed by atoms with van der Waals surface area (Å²) in [6, 6.07) is 8.24. The largest absolute Gasteiger partial charge is 0.335 e. The van der Waals surface area contributed by atoms with Gasteiger partial charge >= 0.3 is 0 Å². The number of rotatable bonds is 3. The SMILES string of the molecule is Cc1ccc(-c2nc(C(=O)N3CCN(C4CCS(=O)(=O)C4)CC3)cs2)cc1. The molecule has 27 heavy (non-hydrogen) atoms. The number of benzene rings is 1. The van der Waals surface area contributed by atoms with Crippen molar-refractivity contribution in [3.05, 3.63) is 40.9 Å². The van der Waals surface area contributed by atoms with Crippen LogP contribution in [0.3, 0.4) is 0 Å². The van der Waals surface area contributed by atoms with Gasteiger partial charge in [-0.15, -0.1) is 11.3 Å². The van der Waals surface area contributed by atoms with Gasteiger partial charge in [-0.3, -0.25) is 9.69 Å². The zero-order valence-corrected chi connectivity index (χ0v) is 16.9. The van der Waals surface area contributed by atoms with Crippen LogP contribution in [0.25, 0.3) is 10.6 Å². The minimum absolute atomic E-state index is 0.0386. The van der Waals surface area contributed by atoms with Gasteiger partial charge in [0, 0.05) is 43.2 Å². The normalized spacial score (nSPS) is 22.9. The van der Waals surface area contributed by atoms with Crippen molar-refractivity contribution in [1.82, 2.24) is 14.8 Å². The van der Waals surface area contributed by atoms with Gasteiger partial charge in [-0.25, -0.2) is 13.4 Å². The summed E-state index contributed by atoms with van der Waals surface area (Å²) in [5, 5.41) is 2.68. The molecule has 2 fully saturated rings. The molecule has 144 valence electrons. The zero-order valence-electron chi connectivity index (χ0n) is 15.3. The van der Waals surface area contributed by atoms with E-state index in [4.69, 9.17) is 0 Å². The van der Waals surface area contributed by atoms with Gasteiger partial charge in [0.1, 0.15) is 10.7 Å². The molecule has 0 saturated carbocycles. The Morgan fingerprint density at radius 3 is 2.48 bits per heavy atom. The Morgan fingerprint density at radius 1 is 1.15 bits per heavy atom. The quantitative estimate of drug-likeness (QED) is 0.782. The Bertz CT molecular complexity index is 929. The molecule has 1 amide bonds. The summed E-state index contributed by atoms with van der Waals surface area (Å²) < 4.78 is 23.4. The van der Waals surface area contributed by atoms with Crippen molar-refractivity contribution >= 4 is 27.1 Å². The summed E-state index contributed by atoms with van der Waals surface area (Å²) in [5.74, 6) is 0.507. The van der Waals surface area contributed by atoms with Gasteiger partial charge in [0.2, 0.25) is 0 Å². The lowest BCUT2D eigenvalue weighted by molar-refractivity contribution is 0.0583. The lowest BCUT2D eigenvalue weighted by atomic mass is 10.1. The molecular weight excluding hydrogens is 382 g/mol. The van der Waals surface area contributed by atoms with Crippen LogP contribution in [0.1, 0.15) is 22.5 Å². The Kier molecular flexibility index (Phi) is 5.05. The highest BCUT2D eigenvalue weighted by molar-refractivity contribution is 7.91. The molecule has 0 radical (unpaired) electrons. The van der Waals surface area contributed by atoms with Crippen molar-refractivity contribution in [3.8, 4) is 10.6 Å². The molecule has 2 aliphatic rings. The topological polar surface area (TPSA) is 70.6 Å². The van der Waals surface area contributed by atoms with Gasteiger partial charge in [0.05, 0.1) is 11.5 Å². The van der Waals surface area contributed by atoms with E-state index in [2.05, 4.69) is 9.88 Å². The summed E-state index contributed by atoms with van der Waals surface area (Å²) in [6.07, 6.45) is 0.711. The third kappa shape index (κ3) is 4.07. The molecule has 0 N–H and O–H groups in total. The van der Waals surface area contributed by atoms with Gasteiger partial charge in [-0.05, 0) is 13.3 Å². The zero-order chi connectivity index (χ0) is 19.0. The molecule has 8 heteroatoms. The third-order valence-electron chi connectivity index (χ3n) is 5.35. The van der Waals surface area contributed by atoms with E-state index >= 15 is 0 Å².